The first-order valence-corrected chi connectivity index (χ1v) is 8.61. The Hall–Kier alpha value is -1.43. The quantitative estimate of drug-likeness (QED) is 0.626. The molecule has 1 aromatic carbocycles. The van der Waals surface area contributed by atoms with Gasteiger partial charge in [0, 0.05) is 7.11 Å². The van der Waals surface area contributed by atoms with Gasteiger partial charge in [0.2, 0.25) is 0 Å². The third-order valence-corrected chi connectivity index (χ3v) is 5.97. The second-order valence-corrected chi connectivity index (χ2v) is 7.32. The number of methoxy groups -OCH3 is 1. The van der Waals surface area contributed by atoms with E-state index >= 15 is 0 Å². The first-order valence-electron chi connectivity index (χ1n) is 8.61. The van der Waals surface area contributed by atoms with Crippen molar-refractivity contribution in [2.45, 2.75) is 56.2 Å². The number of esters is 1. The Morgan fingerprint density at radius 2 is 1.96 bits per heavy atom. The van der Waals surface area contributed by atoms with Crippen molar-refractivity contribution in [1.29, 1.82) is 0 Å². The van der Waals surface area contributed by atoms with Gasteiger partial charge in [-0.05, 0) is 38.8 Å². The Morgan fingerprint density at radius 1 is 1.29 bits per heavy atom. The molecule has 2 saturated heterocycles. The van der Waals surface area contributed by atoms with E-state index in [2.05, 4.69) is 13.8 Å². The van der Waals surface area contributed by atoms with E-state index in [1.165, 1.54) is 0 Å². The molecule has 0 amide bonds. The van der Waals surface area contributed by atoms with Crippen molar-refractivity contribution in [3.63, 3.8) is 0 Å². The fraction of sp³-hybridized carbons (Fsp3) is 0.632. The molecule has 24 heavy (non-hydrogen) atoms. The summed E-state index contributed by atoms with van der Waals surface area (Å²) in [4.78, 5) is 12.4. The van der Waals surface area contributed by atoms with Crippen LogP contribution in [0.3, 0.4) is 0 Å². The molecule has 1 aliphatic carbocycles. The number of hydrogen-bond acceptors (Lipinski definition) is 5. The lowest BCUT2D eigenvalue weighted by Crippen LogP contribution is -2.55. The summed E-state index contributed by atoms with van der Waals surface area (Å²) < 4.78 is 23.3. The van der Waals surface area contributed by atoms with E-state index in [-0.39, 0.29) is 41.4 Å². The van der Waals surface area contributed by atoms with Gasteiger partial charge in [-0.15, -0.1) is 0 Å². The SMILES string of the molecule is COC1C(OC(=O)c2ccccc2)CCC2(CO2)C1C1(C)OC1C. The number of hydrogen-bond donors (Lipinski definition) is 0. The van der Waals surface area contributed by atoms with Crippen molar-refractivity contribution < 1.29 is 23.7 Å². The second kappa shape index (κ2) is 5.55. The van der Waals surface area contributed by atoms with E-state index in [4.69, 9.17) is 18.9 Å². The average Bonchev–Trinajstić information content (AvgIpc) is 3.49. The molecule has 0 radical (unpaired) electrons. The van der Waals surface area contributed by atoms with Crippen LogP contribution in [0.1, 0.15) is 37.0 Å². The summed E-state index contributed by atoms with van der Waals surface area (Å²) in [5, 5.41) is 0. The zero-order valence-corrected chi connectivity index (χ0v) is 14.4. The molecule has 0 bridgehead atoms. The van der Waals surface area contributed by atoms with Crippen molar-refractivity contribution in [2.24, 2.45) is 5.92 Å². The van der Waals surface area contributed by atoms with E-state index in [9.17, 15) is 4.79 Å². The highest BCUT2D eigenvalue weighted by molar-refractivity contribution is 5.89. The third kappa shape index (κ3) is 2.46. The predicted octanol–water partition coefficient (Wildman–Crippen LogP) is 2.58. The molecule has 2 aliphatic heterocycles. The third-order valence-electron chi connectivity index (χ3n) is 5.97. The zero-order valence-electron chi connectivity index (χ0n) is 14.4. The number of ether oxygens (including phenoxy) is 4. The van der Waals surface area contributed by atoms with Gasteiger partial charge in [-0.3, -0.25) is 0 Å². The van der Waals surface area contributed by atoms with Crippen LogP contribution < -0.4 is 0 Å². The molecule has 0 aromatic heterocycles. The fourth-order valence-electron chi connectivity index (χ4n) is 4.35. The standard InChI is InChI=1S/C19H24O5/c1-12-18(2,24-12)16-15(21-3)14(9-10-19(16)11-22-19)23-17(20)13-7-5-4-6-8-13/h4-8,12,14-16H,9-11H2,1-3H3. The largest absolute Gasteiger partial charge is 0.456 e. The van der Waals surface area contributed by atoms with E-state index in [0.29, 0.717) is 5.56 Å². The normalized spacial score (nSPS) is 43.5. The van der Waals surface area contributed by atoms with Crippen molar-refractivity contribution >= 4 is 5.97 Å². The van der Waals surface area contributed by atoms with Crippen LogP contribution >= 0.6 is 0 Å². The average molecular weight is 332 g/mol. The monoisotopic (exact) mass is 332 g/mol. The highest BCUT2D eigenvalue weighted by atomic mass is 16.6. The molecule has 5 heteroatoms. The highest BCUT2D eigenvalue weighted by Gasteiger charge is 2.71. The Labute approximate surface area is 142 Å². The van der Waals surface area contributed by atoms with Gasteiger partial charge in [-0.1, -0.05) is 18.2 Å². The number of benzene rings is 1. The van der Waals surface area contributed by atoms with Crippen LogP contribution in [-0.4, -0.2) is 49.2 Å². The summed E-state index contributed by atoms with van der Waals surface area (Å²) in [5.41, 5.74) is 0.124. The highest BCUT2D eigenvalue weighted by Crippen LogP contribution is 2.58. The van der Waals surface area contributed by atoms with Gasteiger partial charge in [0.05, 0.1) is 29.8 Å². The van der Waals surface area contributed by atoms with Crippen LogP contribution in [0.25, 0.3) is 0 Å². The minimum Gasteiger partial charge on any atom is -0.456 e. The van der Waals surface area contributed by atoms with E-state index in [1.807, 2.05) is 18.2 Å². The smallest absolute Gasteiger partial charge is 0.338 e. The van der Waals surface area contributed by atoms with Crippen LogP contribution in [0.4, 0.5) is 0 Å². The topological polar surface area (TPSA) is 60.6 Å². The molecule has 1 spiro atoms. The summed E-state index contributed by atoms with van der Waals surface area (Å²) in [7, 11) is 1.68. The van der Waals surface area contributed by atoms with E-state index in [1.54, 1.807) is 19.2 Å². The molecule has 4 rings (SSSR count). The molecular formula is C19H24O5. The molecule has 6 atom stereocenters. The van der Waals surface area contributed by atoms with Crippen LogP contribution in [0.15, 0.2) is 30.3 Å². The molecule has 130 valence electrons. The molecule has 3 fully saturated rings. The van der Waals surface area contributed by atoms with Crippen LogP contribution in [0.5, 0.6) is 0 Å². The van der Waals surface area contributed by atoms with Gasteiger partial charge in [0.25, 0.3) is 0 Å². The predicted molar refractivity (Wildman–Crippen MR) is 86.8 cm³/mol. The lowest BCUT2D eigenvalue weighted by molar-refractivity contribution is -0.120. The van der Waals surface area contributed by atoms with Crippen LogP contribution in [0.2, 0.25) is 0 Å². The number of rotatable bonds is 4. The summed E-state index contributed by atoms with van der Waals surface area (Å²) in [6.45, 7) is 4.92. The molecule has 1 saturated carbocycles. The Bertz CT molecular complexity index is 624. The first kappa shape index (κ1) is 16.1. The molecular weight excluding hydrogens is 308 g/mol. The fourth-order valence-corrected chi connectivity index (χ4v) is 4.35. The molecule has 1 aromatic rings. The van der Waals surface area contributed by atoms with Crippen molar-refractivity contribution in [2.75, 3.05) is 13.7 Å². The van der Waals surface area contributed by atoms with Crippen LogP contribution in [-0.2, 0) is 18.9 Å². The summed E-state index contributed by atoms with van der Waals surface area (Å²) >= 11 is 0. The zero-order chi connectivity index (χ0) is 16.9. The van der Waals surface area contributed by atoms with Crippen LogP contribution in [0, 0.1) is 5.92 Å². The Balaban J connectivity index is 1.55. The van der Waals surface area contributed by atoms with Gasteiger partial charge in [-0.25, -0.2) is 4.79 Å². The maximum absolute atomic E-state index is 12.4. The lowest BCUT2D eigenvalue weighted by atomic mass is 9.68. The Kier molecular flexibility index (Phi) is 3.71. The Morgan fingerprint density at radius 3 is 2.50 bits per heavy atom. The molecule has 5 nitrogen and oxygen atoms in total. The van der Waals surface area contributed by atoms with Crippen molar-refractivity contribution in [3.8, 4) is 0 Å². The van der Waals surface area contributed by atoms with Gasteiger partial charge >= 0.3 is 5.97 Å². The number of epoxide rings is 2. The van der Waals surface area contributed by atoms with E-state index in [0.717, 1.165) is 19.4 Å². The van der Waals surface area contributed by atoms with E-state index < -0.39 is 0 Å². The first-order chi connectivity index (χ1) is 11.5. The molecule has 6 unspecified atom stereocenters. The minimum absolute atomic E-state index is 0.0762. The maximum Gasteiger partial charge on any atom is 0.338 e. The summed E-state index contributed by atoms with van der Waals surface area (Å²) in [6, 6.07) is 9.09. The number of carbonyl (C=O) groups is 1. The summed E-state index contributed by atoms with van der Waals surface area (Å²) in [5.74, 6) is -0.226. The molecule has 2 heterocycles. The van der Waals surface area contributed by atoms with Gasteiger partial charge in [0.1, 0.15) is 17.8 Å². The van der Waals surface area contributed by atoms with Gasteiger partial charge in [0.15, 0.2) is 0 Å². The van der Waals surface area contributed by atoms with Gasteiger partial charge < -0.3 is 18.9 Å². The van der Waals surface area contributed by atoms with Crippen molar-refractivity contribution in [1.82, 2.24) is 0 Å². The minimum atomic E-state index is -0.302. The molecule has 0 N–H and O–H groups in total. The summed E-state index contributed by atoms with van der Waals surface area (Å²) in [6.07, 6.45) is 1.29. The maximum atomic E-state index is 12.4. The second-order valence-electron chi connectivity index (χ2n) is 7.32. The van der Waals surface area contributed by atoms with Gasteiger partial charge in [-0.2, -0.15) is 0 Å². The lowest BCUT2D eigenvalue weighted by Gasteiger charge is -2.42. The molecule has 3 aliphatic rings. The number of carbonyl (C=O) groups excluding carboxylic acids is 1. The van der Waals surface area contributed by atoms with Crippen molar-refractivity contribution in [3.05, 3.63) is 35.9 Å².